The molecule has 1 N–H and O–H groups in total. The molecule has 1 saturated heterocycles. The smallest absolute Gasteiger partial charge is 0.407 e. The molecule has 0 radical (unpaired) electrons. The Hall–Kier alpha value is -1.49. The Morgan fingerprint density at radius 3 is 2.74 bits per heavy atom. The van der Waals surface area contributed by atoms with Crippen LogP contribution in [0.15, 0.2) is 18.2 Å². The summed E-state index contributed by atoms with van der Waals surface area (Å²) in [4.78, 5) is 12.2. The summed E-state index contributed by atoms with van der Waals surface area (Å²) in [6.45, 7) is 1.69. The maximum Gasteiger partial charge on any atom is 0.407 e. The van der Waals surface area contributed by atoms with Crippen LogP contribution in [0, 0.1) is 23.6 Å². The van der Waals surface area contributed by atoms with Gasteiger partial charge in [0.05, 0.1) is 11.6 Å². The van der Waals surface area contributed by atoms with Crippen molar-refractivity contribution in [3.05, 3.63) is 29.0 Å². The summed E-state index contributed by atoms with van der Waals surface area (Å²) in [7, 11) is 0. The molecule has 2 aliphatic rings. The van der Waals surface area contributed by atoms with Gasteiger partial charge in [0.25, 0.3) is 0 Å². The molecule has 0 spiro atoms. The van der Waals surface area contributed by atoms with Crippen LogP contribution < -0.4 is 4.74 Å². The summed E-state index contributed by atoms with van der Waals surface area (Å²) < 4.78 is 18.4. The molecule has 1 amide bonds. The first-order valence-electron chi connectivity index (χ1n) is 6.12. The van der Waals surface area contributed by atoms with Crippen LogP contribution in [0.25, 0.3) is 0 Å². The Labute approximate surface area is 114 Å². The van der Waals surface area contributed by atoms with Crippen molar-refractivity contribution in [1.82, 2.24) is 4.90 Å². The molecule has 19 heavy (non-hydrogen) atoms. The summed E-state index contributed by atoms with van der Waals surface area (Å²) in [5.41, 5.74) is 0. The number of carboxylic acid groups (broad SMARTS) is 1. The van der Waals surface area contributed by atoms with E-state index in [1.807, 2.05) is 0 Å². The van der Waals surface area contributed by atoms with Crippen LogP contribution in [0.2, 0.25) is 5.02 Å². The van der Waals surface area contributed by atoms with Crippen molar-refractivity contribution < 1.29 is 19.0 Å². The average molecular weight is 286 g/mol. The van der Waals surface area contributed by atoms with Crippen LogP contribution in [0.1, 0.15) is 0 Å². The third-order valence-corrected chi connectivity index (χ3v) is 4.26. The standard InChI is InChI=1S/C13H13ClFNO3/c14-11-3-7(15)1-2-12(11)19-6-10-8-4-16(13(17)18)5-9(8)10/h1-3,8-10H,4-6H2,(H,17,18)/t8-,9+,10+. The lowest BCUT2D eigenvalue weighted by Gasteiger charge is -2.16. The van der Waals surface area contributed by atoms with Gasteiger partial charge in [-0.05, 0) is 30.0 Å². The molecule has 0 aromatic heterocycles. The summed E-state index contributed by atoms with van der Waals surface area (Å²) in [5.74, 6) is 1.27. The highest BCUT2D eigenvalue weighted by Crippen LogP contribution is 2.51. The van der Waals surface area contributed by atoms with Gasteiger partial charge >= 0.3 is 6.09 Å². The number of ether oxygens (including phenoxy) is 1. The third-order valence-electron chi connectivity index (χ3n) is 3.97. The van der Waals surface area contributed by atoms with E-state index >= 15 is 0 Å². The number of rotatable bonds is 3. The first-order valence-corrected chi connectivity index (χ1v) is 6.50. The van der Waals surface area contributed by atoms with Gasteiger partial charge in [-0.3, -0.25) is 0 Å². The second kappa shape index (κ2) is 4.56. The highest BCUT2D eigenvalue weighted by atomic mass is 35.5. The molecule has 3 atom stereocenters. The fourth-order valence-electron chi connectivity index (χ4n) is 2.83. The van der Waals surface area contributed by atoms with Crippen LogP contribution in [0.4, 0.5) is 9.18 Å². The number of benzene rings is 1. The van der Waals surface area contributed by atoms with Crippen LogP contribution in [0.3, 0.4) is 0 Å². The van der Waals surface area contributed by atoms with Crippen molar-refractivity contribution >= 4 is 17.7 Å². The van der Waals surface area contributed by atoms with Crippen molar-refractivity contribution in [3.63, 3.8) is 0 Å². The zero-order chi connectivity index (χ0) is 13.6. The van der Waals surface area contributed by atoms with Gasteiger partial charge in [0.1, 0.15) is 11.6 Å². The maximum absolute atomic E-state index is 12.9. The Morgan fingerprint density at radius 2 is 2.16 bits per heavy atom. The molecular weight excluding hydrogens is 273 g/mol. The molecule has 2 fully saturated rings. The van der Waals surface area contributed by atoms with Crippen LogP contribution in [-0.2, 0) is 0 Å². The van der Waals surface area contributed by atoms with Crippen molar-refractivity contribution in [2.24, 2.45) is 17.8 Å². The van der Waals surface area contributed by atoms with E-state index < -0.39 is 11.9 Å². The van der Waals surface area contributed by atoms with Gasteiger partial charge < -0.3 is 14.7 Å². The first-order chi connectivity index (χ1) is 9.06. The Balaban J connectivity index is 1.52. The molecule has 102 valence electrons. The number of halogens is 2. The fraction of sp³-hybridized carbons (Fsp3) is 0.462. The van der Waals surface area contributed by atoms with Crippen molar-refractivity contribution in [2.45, 2.75) is 0 Å². The minimum Gasteiger partial charge on any atom is -0.492 e. The van der Waals surface area contributed by atoms with E-state index in [9.17, 15) is 9.18 Å². The molecule has 1 aliphatic carbocycles. The molecular formula is C13H13ClFNO3. The number of piperidine rings is 1. The molecule has 3 rings (SSSR count). The van der Waals surface area contributed by atoms with Crippen molar-refractivity contribution in [3.8, 4) is 5.75 Å². The van der Waals surface area contributed by atoms with Gasteiger partial charge in [0.2, 0.25) is 0 Å². The van der Waals surface area contributed by atoms with Crippen LogP contribution >= 0.6 is 11.6 Å². The normalized spacial score (nSPS) is 28.1. The maximum atomic E-state index is 12.9. The Bertz CT molecular complexity index is 513. The lowest BCUT2D eigenvalue weighted by molar-refractivity contribution is 0.145. The largest absolute Gasteiger partial charge is 0.492 e. The molecule has 1 saturated carbocycles. The fourth-order valence-corrected chi connectivity index (χ4v) is 3.05. The van der Waals surface area contributed by atoms with E-state index in [0.717, 1.165) is 0 Å². The Morgan fingerprint density at radius 1 is 1.47 bits per heavy atom. The van der Waals surface area contributed by atoms with Gasteiger partial charge in [-0.1, -0.05) is 11.6 Å². The van der Waals surface area contributed by atoms with E-state index in [1.54, 1.807) is 0 Å². The van der Waals surface area contributed by atoms with Gasteiger partial charge in [-0.15, -0.1) is 0 Å². The first kappa shape index (κ1) is 12.5. The number of hydrogen-bond donors (Lipinski definition) is 1. The molecule has 0 bridgehead atoms. The number of likely N-dealkylation sites (tertiary alicyclic amines) is 1. The summed E-state index contributed by atoms with van der Waals surface area (Å²) >= 11 is 5.87. The summed E-state index contributed by atoms with van der Waals surface area (Å²) in [6.07, 6.45) is -0.853. The molecule has 1 aromatic rings. The zero-order valence-electron chi connectivity index (χ0n) is 10.1. The van der Waals surface area contributed by atoms with E-state index in [1.165, 1.54) is 23.1 Å². The molecule has 0 unspecified atom stereocenters. The lowest BCUT2D eigenvalue weighted by Crippen LogP contribution is -2.30. The molecule has 6 heteroatoms. The summed E-state index contributed by atoms with van der Waals surface area (Å²) in [5, 5.41) is 9.11. The van der Waals surface area contributed by atoms with E-state index in [2.05, 4.69) is 0 Å². The number of nitrogens with zero attached hydrogens (tertiary/aromatic N) is 1. The van der Waals surface area contributed by atoms with Crippen molar-refractivity contribution in [2.75, 3.05) is 19.7 Å². The number of fused-ring (bicyclic) bond motifs is 1. The van der Waals surface area contributed by atoms with Crippen LogP contribution in [-0.4, -0.2) is 35.8 Å². The second-order valence-corrected chi connectivity index (χ2v) is 5.47. The number of amides is 1. The second-order valence-electron chi connectivity index (χ2n) is 5.06. The van der Waals surface area contributed by atoms with E-state index in [4.69, 9.17) is 21.4 Å². The van der Waals surface area contributed by atoms with Crippen molar-refractivity contribution in [1.29, 1.82) is 0 Å². The summed E-state index contributed by atoms with van der Waals surface area (Å²) in [6, 6.07) is 4.04. The van der Waals surface area contributed by atoms with Gasteiger partial charge in [0.15, 0.2) is 0 Å². The molecule has 4 nitrogen and oxygen atoms in total. The SMILES string of the molecule is O=C(O)N1C[C@@H]2[C@@H](COc3ccc(F)cc3Cl)[C@@H]2C1. The molecule has 1 heterocycles. The predicted octanol–water partition coefficient (Wildman–Crippen LogP) is 2.71. The van der Waals surface area contributed by atoms with Gasteiger partial charge in [0, 0.05) is 19.0 Å². The molecule has 1 aliphatic heterocycles. The Kier molecular flexibility index (Phi) is 3.01. The van der Waals surface area contributed by atoms with Gasteiger partial charge in [-0.25, -0.2) is 9.18 Å². The molecule has 1 aromatic carbocycles. The van der Waals surface area contributed by atoms with E-state index in [0.29, 0.717) is 43.2 Å². The third kappa shape index (κ3) is 2.34. The number of carbonyl (C=O) groups is 1. The minimum absolute atomic E-state index is 0.262. The predicted molar refractivity (Wildman–Crippen MR) is 67.0 cm³/mol. The van der Waals surface area contributed by atoms with E-state index in [-0.39, 0.29) is 5.02 Å². The monoisotopic (exact) mass is 285 g/mol. The van der Waals surface area contributed by atoms with Crippen LogP contribution in [0.5, 0.6) is 5.75 Å². The lowest BCUT2D eigenvalue weighted by atomic mass is 10.3. The topological polar surface area (TPSA) is 49.8 Å². The van der Waals surface area contributed by atoms with Gasteiger partial charge in [-0.2, -0.15) is 0 Å². The zero-order valence-corrected chi connectivity index (χ0v) is 10.8. The quantitative estimate of drug-likeness (QED) is 0.929. The highest BCUT2D eigenvalue weighted by Gasteiger charge is 2.57. The minimum atomic E-state index is -0.853. The number of hydrogen-bond acceptors (Lipinski definition) is 2. The average Bonchev–Trinajstić information content (AvgIpc) is 2.81. The highest BCUT2D eigenvalue weighted by molar-refractivity contribution is 6.32.